The first-order valence-corrected chi connectivity index (χ1v) is 10.4. The molecule has 8 atom stereocenters. The minimum absolute atomic E-state index is 0.00592. The molecule has 5 nitrogen and oxygen atoms in total. The molecule has 0 aromatic carbocycles. The predicted octanol–water partition coefficient (Wildman–Crippen LogP) is 3.53. The number of carbonyl (C=O) groups is 1. The molecule has 0 heterocycles. The fourth-order valence-electron chi connectivity index (χ4n) is 5.72. The average molecular weight is 383 g/mol. The van der Waals surface area contributed by atoms with Gasteiger partial charge in [-0.2, -0.15) is 0 Å². The van der Waals surface area contributed by atoms with Gasteiger partial charge in [0.25, 0.3) is 0 Å². The van der Waals surface area contributed by atoms with Crippen molar-refractivity contribution >= 4 is 5.97 Å². The van der Waals surface area contributed by atoms with E-state index in [0.29, 0.717) is 12.2 Å². The van der Waals surface area contributed by atoms with Crippen LogP contribution in [0.3, 0.4) is 0 Å². The lowest BCUT2D eigenvalue weighted by molar-refractivity contribution is -0.168. The first-order valence-electron chi connectivity index (χ1n) is 10.4. The molecule has 0 aromatic heterocycles. The maximum Gasteiger partial charge on any atom is 0.309 e. The van der Waals surface area contributed by atoms with E-state index in [4.69, 9.17) is 9.47 Å². The van der Waals surface area contributed by atoms with Crippen LogP contribution in [0.4, 0.5) is 0 Å². The van der Waals surface area contributed by atoms with E-state index < -0.39 is 12.2 Å². The van der Waals surface area contributed by atoms with Crippen LogP contribution in [0.5, 0.6) is 0 Å². The first-order chi connectivity index (χ1) is 12.6. The highest BCUT2D eigenvalue weighted by Crippen LogP contribution is 2.55. The summed E-state index contributed by atoms with van der Waals surface area (Å²) in [6.07, 6.45) is 1.46. The molecular formula is C22H38O5. The third-order valence-corrected chi connectivity index (χ3v) is 6.63. The van der Waals surface area contributed by atoms with Gasteiger partial charge in [0.1, 0.15) is 5.60 Å². The third kappa shape index (κ3) is 4.51. The minimum Gasteiger partial charge on any atom is -0.493 e. The van der Waals surface area contributed by atoms with Crippen LogP contribution >= 0.6 is 0 Å². The highest BCUT2D eigenvalue weighted by molar-refractivity contribution is 5.73. The van der Waals surface area contributed by atoms with Gasteiger partial charge >= 0.3 is 5.97 Å². The minimum atomic E-state index is -0.728. The molecule has 156 valence electrons. The topological polar surface area (TPSA) is 76.0 Å². The van der Waals surface area contributed by atoms with Crippen LogP contribution in [-0.2, 0) is 14.3 Å². The van der Waals surface area contributed by atoms with E-state index in [0.717, 1.165) is 19.3 Å². The smallest absolute Gasteiger partial charge is 0.309 e. The second-order valence-corrected chi connectivity index (χ2v) is 9.35. The zero-order valence-electron chi connectivity index (χ0n) is 17.8. The van der Waals surface area contributed by atoms with Crippen LogP contribution in [0.1, 0.15) is 60.3 Å². The molecule has 0 bridgehead atoms. The van der Waals surface area contributed by atoms with Gasteiger partial charge in [-0.25, -0.2) is 0 Å². The summed E-state index contributed by atoms with van der Waals surface area (Å²) < 4.78 is 11.2. The number of hydrogen-bond donors (Lipinski definition) is 2. The number of rotatable bonds is 5. The standard InChI is InChI=1S/C22H38O5/c1-8-14-18-13(11-17(23)20(24)15(18)9-2)10-16(19(14)21(25)26-7)12(3)27-22(4,5)6/h13-20,23-24H,3,8-11H2,1-2,4-7H3/t13?,14?,15?,16?,17?,18?,19-,20?/m1/s1. The van der Waals surface area contributed by atoms with Crippen molar-refractivity contribution in [2.45, 2.75) is 78.1 Å². The van der Waals surface area contributed by atoms with Crippen LogP contribution in [0.15, 0.2) is 12.3 Å². The number of fused-ring (bicyclic) bond motifs is 1. The summed E-state index contributed by atoms with van der Waals surface area (Å²) in [5, 5.41) is 21.0. The first kappa shape index (κ1) is 22.2. The molecule has 2 fully saturated rings. The maximum atomic E-state index is 12.8. The maximum absolute atomic E-state index is 12.8. The Morgan fingerprint density at radius 1 is 1.11 bits per heavy atom. The Bertz CT molecular complexity index is 537. The second-order valence-electron chi connectivity index (χ2n) is 9.35. The Labute approximate surface area is 164 Å². The molecule has 2 aliphatic rings. The highest BCUT2D eigenvalue weighted by atomic mass is 16.5. The zero-order chi connectivity index (χ0) is 20.5. The fourth-order valence-corrected chi connectivity index (χ4v) is 5.72. The largest absolute Gasteiger partial charge is 0.493 e. The van der Waals surface area contributed by atoms with Gasteiger partial charge in [0, 0.05) is 5.92 Å². The summed E-state index contributed by atoms with van der Waals surface area (Å²) in [6.45, 7) is 14.2. The predicted molar refractivity (Wildman–Crippen MR) is 105 cm³/mol. The SMILES string of the molecule is C=C(OC(C)(C)C)C1CC2CC(O)C(O)C(CC)C2C(CC)[C@H]1C(=O)OC. The molecule has 0 aromatic rings. The monoisotopic (exact) mass is 382 g/mol. The summed E-state index contributed by atoms with van der Waals surface area (Å²) in [6, 6.07) is 0. The number of carbonyl (C=O) groups excluding carboxylic acids is 1. The zero-order valence-corrected chi connectivity index (χ0v) is 17.8. The van der Waals surface area contributed by atoms with Gasteiger partial charge in [0.15, 0.2) is 0 Å². The lowest BCUT2D eigenvalue weighted by Crippen LogP contribution is -2.55. The Morgan fingerprint density at radius 3 is 2.19 bits per heavy atom. The second kappa shape index (κ2) is 8.52. The fraction of sp³-hybridized carbons (Fsp3) is 0.864. The Hall–Kier alpha value is -1.07. The number of aliphatic hydroxyl groups excluding tert-OH is 2. The lowest BCUT2D eigenvalue weighted by Gasteiger charge is -2.54. The molecule has 5 heteroatoms. The number of aliphatic hydroxyl groups is 2. The summed E-state index contributed by atoms with van der Waals surface area (Å²) in [5.41, 5.74) is -0.384. The number of methoxy groups -OCH3 is 1. The van der Waals surface area contributed by atoms with Gasteiger partial charge in [-0.05, 0) is 57.3 Å². The molecule has 0 amide bonds. The van der Waals surface area contributed by atoms with Gasteiger partial charge in [0.05, 0.1) is 31.0 Å². The van der Waals surface area contributed by atoms with E-state index in [1.807, 2.05) is 20.8 Å². The van der Waals surface area contributed by atoms with E-state index in [9.17, 15) is 15.0 Å². The molecular weight excluding hydrogens is 344 g/mol. The van der Waals surface area contributed by atoms with Gasteiger partial charge in [-0.15, -0.1) is 0 Å². The Morgan fingerprint density at radius 2 is 1.70 bits per heavy atom. The molecule has 0 radical (unpaired) electrons. The van der Waals surface area contributed by atoms with Crippen molar-refractivity contribution in [3.63, 3.8) is 0 Å². The van der Waals surface area contributed by atoms with Gasteiger partial charge in [0.2, 0.25) is 0 Å². The molecule has 2 rings (SSSR count). The average Bonchev–Trinajstić information content (AvgIpc) is 2.59. The lowest BCUT2D eigenvalue weighted by atomic mass is 9.52. The van der Waals surface area contributed by atoms with Crippen LogP contribution in [-0.4, -0.2) is 41.1 Å². The normalized spacial score (nSPS) is 39.4. The van der Waals surface area contributed by atoms with Crippen molar-refractivity contribution in [1.82, 2.24) is 0 Å². The molecule has 0 spiro atoms. The van der Waals surface area contributed by atoms with Crippen molar-refractivity contribution < 1.29 is 24.5 Å². The van der Waals surface area contributed by atoms with Crippen molar-refractivity contribution in [1.29, 1.82) is 0 Å². The highest BCUT2D eigenvalue weighted by Gasteiger charge is 2.55. The van der Waals surface area contributed by atoms with Crippen molar-refractivity contribution in [3.05, 3.63) is 12.3 Å². The number of ether oxygens (including phenoxy) is 2. The molecule has 7 unspecified atom stereocenters. The van der Waals surface area contributed by atoms with Crippen LogP contribution in [0.2, 0.25) is 0 Å². The molecule has 27 heavy (non-hydrogen) atoms. The summed E-state index contributed by atoms with van der Waals surface area (Å²) in [7, 11) is 1.43. The molecule has 2 N–H and O–H groups in total. The van der Waals surface area contributed by atoms with E-state index in [-0.39, 0.29) is 47.1 Å². The summed E-state index contributed by atoms with van der Waals surface area (Å²) in [5.74, 6) is 0.450. The van der Waals surface area contributed by atoms with Gasteiger partial charge in [-0.1, -0.05) is 33.3 Å². The number of esters is 1. The van der Waals surface area contributed by atoms with Crippen LogP contribution in [0.25, 0.3) is 0 Å². The molecule has 2 saturated carbocycles. The van der Waals surface area contributed by atoms with E-state index in [1.54, 1.807) is 0 Å². The van der Waals surface area contributed by atoms with E-state index in [2.05, 4.69) is 20.4 Å². The van der Waals surface area contributed by atoms with Crippen molar-refractivity contribution in [3.8, 4) is 0 Å². The van der Waals surface area contributed by atoms with Crippen LogP contribution in [0, 0.1) is 35.5 Å². The third-order valence-electron chi connectivity index (χ3n) is 6.63. The number of hydrogen-bond acceptors (Lipinski definition) is 5. The van der Waals surface area contributed by atoms with Gasteiger partial charge < -0.3 is 19.7 Å². The summed E-state index contributed by atoms with van der Waals surface area (Å²) >= 11 is 0. The molecule has 2 aliphatic carbocycles. The van der Waals surface area contributed by atoms with Crippen molar-refractivity contribution in [2.24, 2.45) is 35.5 Å². The quantitative estimate of drug-likeness (QED) is 0.562. The van der Waals surface area contributed by atoms with Crippen LogP contribution < -0.4 is 0 Å². The van der Waals surface area contributed by atoms with Crippen molar-refractivity contribution in [2.75, 3.05) is 7.11 Å². The molecule has 0 saturated heterocycles. The van der Waals surface area contributed by atoms with Gasteiger partial charge in [-0.3, -0.25) is 4.79 Å². The van der Waals surface area contributed by atoms with E-state index in [1.165, 1.54) is 7.11 Å². The number of allylic oxidation sites excluding steroid dienone is 1. The summed E-state index contributed by atoms with van der Waals surface area (Å²) in [4.78, 5) is 12.8. The Kier molecular flexibility index (Phi) is 7.01. The van der Waals surface area contributed by atoms with E-state index >= 15 is 0 Å². The Balaban J connectivity index is 2.42. The molecule has 0 aliphatic heterocycles.